The van der Waals surface area contributed by atoms with Gasteiger partial charge in [0.1, 0.15) is 11.6 Å². The number of benzene rings is 1. The molecule has 5 rings (SSSR count). The minimum Gasteiger partial charge on any atom is -0.481 e. The summed E-state index contributed by atoms with van der Waals surface area (Å²) < 4.78 is 10.9. The number of likely N-dealkylation sites (tertiary alicyclic amines) is 1. The molecule has 1 saturated heterocycles. The second-order valence-electron chi connectivity index (χ2n) is 9.20. The van der Waals surface area contributed by atoms with Crippen LogP contribution in [0.15, 0.2) is 48.7 Å². The van der Waals surface area contributed by atoms with E-state index in [1.165, 1.54) is 0 Å². The zero-order valence-corrected chi connectivity index (χ0v) is 20.5. The lowest BCUT2D eigenvalue weighted by Gasteiger charge is -2.33. The maximum atomic E-state index is 13.0. The number of nitrogens with one attached hydrogen (secondary N) is 1. The van der Waals surface area contributed by atoms with Gasteiger partial charge in [-0.2, -0.15) is 0 Å². The Balaban J connectivity index is 1.10. The number of fused-ring (bicyclic) bond motifs is 2. The molecule has 0 spiro atoms. The van der Waals surface area contributed by atoms with Gasteiger partial charge < -0.3 is 19.3 Å². The van der Waals surface area contributed by atoms with Crippen molar-refractivity contribution in [3.63, 3.8) is 0 Å². The first kappa shape index (κ1) is 24.0. The maximum absolute atomic E-state index is 13.0. The van der Waals surface area contributed by atoms with Gasteiger partial charge in [-0.25, -0.2) is 9.78 Å². The monoisotopic (exact) mass is 489 g/mol. The number of methoxy groups -OCH3 is 1. The van der Waals surface area contributed by atoms with Crippen molar-refractivity contribution in [2.24, 2.45) is 0 Å². The third-order valence-corrected chi connectivity index (χ3v) is 6.91. The predicted molar refractivity (Wildman–Crippen MR) is 136 cm³/mol. The molecular weight excluding hydrogens is 458 g/mol. The van der Waals surface area contributed by atoms with Gasteiger partial charge in [0.2, 0.25) is 5.88 Å². The number of carbonyl (C=O) groups excluding carboxylic acids is 2. The first-order valence-corrected chi connectivity index (χ1v) is 12.5. The Kier molecular flexibility index (Phi) is 7.27. The fourth-order valence-electron chi connectivity index (χ4n) is 4.92. The molecule has 0 saturated carbocycles. The summed E-state index contributed by atoms with van der Waals surface area (Å²) in [4.78, 5) is 38.6. The number of nitrogens with zero attached hydrogens (tertiary/aromatic N) is 4. The molecule has 4 heterocycles. The highest BCUT2D eigenvalue weighted by atomic mass is 16.6. The fraction of sp³-hybridized carbons (Fsp3) is 0.407. The average Bonchev–Trinajstić information content (AvgIpc) is 3.06. The Bertz CT molecular complexity index is 1240. The van der Waals surface area contributed by atoms with Crippen LogP contribution in [0.25, 0.3) is 11.0 Å². The molecule has 0 unspecified atom stereocenters. The second-order valence-corrected chi connectivity index (χ2v) is 9.20. The Morgan fingerprint density at radius 2 is 1.92 bits per heavy atom. The number of anilines is 1. The van der Waals surface area contributed by atoms with Gasteiger partial charge in [0.05, 0.1) is 18.3 Å². The van der Waals surface area contributed by atoms with Gasteiger partial charge in [0.15, 0.2) is 0 Å². The van der Waals surface area contributed by atoms with E-state index >= 15 is 0 Å². The van der Waals surface area contributed by atoms with Gasteiger partial charge in [-0.1, -0.05) is 18.2 Å². The van der Waals surface area contributed by atoms with Crippen molar-refractivity contribution in [3.8, 4) is 5.88 Å². The Morgan fingerprint density at radius 3 is 2.75 bits per heavy atom. The lowest BCUT2D eigenvalue weighted by molar-refractivity contribution is 0.0524. The molecule has 3 aromatic rings. The number of ether oxygens (including phenoxy) is 2. The molecule has 36 heavy (non-hydrogen) atoms. The number of hydrogen-bond acceptors (Lipinski definition) is 7. The van der Waals surface area contributed by atoms with Crippen molar-refractivity contribution in [2.45, 2.75) is 31.8 Å². The smallest absolute Gasteiger partial charge is 0.411 e. The number of hydrogen-bond donors (Lipinski definition) is 1. The van der Waals surface area contributed by atoms with Crippen LogP contribution in [0.4, 0.5) is 10.5 Å². The Labute approximate surface area is 210 Å². The number of piperidine rings is 1. The van der Waals surface area contributed by atoms with Crippen molar-refractivity contribution >= 4 is 28.7 Å². The first-order valence-electron chi connectivity index (χ1n) is 12.5. The van der Waals surface area contributed by atoms with Crippen molar-refractivity contribution in [1.29, 1.82) is 0 Å². The van der Waals surface area contributed by atoms with Crippen LogP contribution in [-0.4, -0.2) is 77.7 Å². The number of carbonyl (C=O) groups is 2. The molecule has 2 aliphatic heterocycles. The first-order chi connectivity index (χ1) is 17.6. The van der Waals surface area contributed by atoms with Gasteiger partial charge in [-0.3, -0.25) is 15.1 Å². The van der Waals surface area contributed by atoms with Gasteiger partial charge in [-0.15, -0.1) is 0 Å². The number of amides is 2. The average molecular weight is 490 g/mol. The Morgan fingerprint density at radius 1 is 1.08 bits per heavy atom. The lowest BCUT2D eigenvalue weighted by atomic mass is 10.0. The molecule has 9 heteroatoms. The quantitative estimate of drug-likeness (QED) is 0.563. The summed E-state index contributed by atoms with van der Waals surface area (Å²) >= 11 is 0. The minimum atomic E-state index is -0.501. The zero-order valence-electron chi connectivity index (χ0n) is 20.5. The Hall–Kier alpha value is -3.72. The molecule has 188 valence electrons. The van der Waals surface area contributed by atoms with E-state index < -0.39 is 6.09 Å². The second kappa shape index (κ2) is 10.9. The third-order valence-electron chi connectivity index (χ3n) is 6.91. The maximum Gasteiger partial charge on any atom is 0.411 e. The molecule has 0 aliphatic carbocycles. The van der Waals surface area contributed by atoms with Gasteiger partial charge in [-0.05, 0) is 49.4 Å². The van der Waals surface area contributed by atoms with Crippen molar-refractivity contribution in [3.05, 3.63) is 59.8 Å². The van der Waals surface area contributed by atoms with Crippen LogP contribution in [0.1, 0.15) is 35.2 Å². The highest BCUT2D eigenvalue weighted by molar-refractivity contribution is 5.97. The molecule has 0 radical (unpaired) electrons. The summed E-state index contributed by atoms with van der Waals surface area (Å²) in [5.74, 6) is 0.583. The molecule has 2 aromatic heterocycles. The van der Waals surface area contributed by atoms with Crippen molar-refractivity contribution < 1.29 is 19.1 Å². The highest BCUT2D eigenvalue weighted by Gasteiger charge is 2.25. The summed E-state index contributed by atoms with van der Waals surface area (Å²) in [6.07, 6.45) is 4.42. The molecular formula is C27H31N5O4. The molecule has 2 amide bonds. The number of rotatable bonds is 6. The van der Waals surface area contributed by atoms with E-state index in [2.05, 4.69) is 26.3 Å². The summed E-state index contributed by atoms with van der Waals surface area (Å²) in [5, 5.41) is 2.80. The standard InChI is InChI=1S/C27H31N5O4/c1-35-24-9-8-22-25(30-24)23(10-13-28-22)29-27(34)36-20-11-15-31(16-12-20)17-18-32-14-4-6-19-5-2-3-7-21(19)26(32)33/h2-3,5,7-10,13,20H,4,6,11-12,14-18H2,1H3,(H,28,29,34). The molecule has 1 N–H and O–H groups in total. The third kappa shape index (κ3) is 5.41. The topological polar surface area (TPSA) is 96.9 Å². The van der Waals surface area contributed by atoms with E-state index in [-0.39, 0.29) is 12.0 Å². The van der Waals surface area contributed by atoms with E-state index in [1.807, 2.05) is 23.1 Å². The SMILES string of the molecule is COc1ccc2nccc(NC(=O)OC3CCN(CCN4CCCc5ccccc5C4=O)CC3)c2n1. The largest absolute Gasteiger partial charge is 0.481 e. The fourth-order valence-corrected chi connectivity index (χ4v) is 4.92. The molecule has 9 nitrogen and oxygen atoms in total. The minimum absolute atomic E-state index is 0.133. The summed E-state index contributed by atoms with van der Waals surface area (Å²) in [5.41, 5.74) is 3.73. The highest BCUT2D eigenvalue weighted by Crippen LogP contribution is 2.23. The van der Waals surface area contributed by atoms with Crippen LogP contribution < -0.4 is 10.1 Å². The van der Waals surface area contributed by atoms with E-state index in [9.17, 15) is 9.59 Å². The zero-order chi connectivity index (χ0) is 24.9. The molecule has 1 aromatic carbocycles. The summed E-state index contributed by atoms with van der Waals surface area (Å²) in [6.45, 7) is 3.98. The van der Waals surface area contributed by atoms with Crippen LogP contribution in [0.2, 0.25) is 0 Å². The molecule has 2 aliphatic rings. The van der Waals surface area contributed by atoms with Crippen molar-refractivity contribution in [1.82, 2.24) is 19.8 Å². The molecule has 1 fully saturated rings. The van der Waals surface area contributed by atoms with Crippen molar-refractivity contribution in [2.75, 3.05) is 45.2 Å². The van der Waals surface area contributed by atoms with Crippen LogP contribution in [0.5, 0.6) is 5.88 Å². The predicted octanol–water partition coefficient (Wildman–Crippen LogP) is 3.74. The number of aromatic nitrogens is 2. The summed E-state index contributed by atoms with van der Waals surface area (Å²) in [6, 6.07) is 13.2. The number of pyridine rings is 2. The van der Waals surface area contributed by atoms with E-state index in [0.717, 1.165) is 63.0 Å². The van der Waals surface area contributed by atoms with E-state index in [4.69, 9.17) is 9.47 Å². The van der Waals surface area contributed by atoms with Crippen LogP contribution >= 0.6 is 0 Å². The summed E-state index contributed by atoms with van der Waals surface area (Å²) in [7, 11) is 1.54. The van der Waals surface area contributed by atoms with E-state index in [1.54, 1.807) is 31.5 Å². The molecule has 0 atom stereocenters. The van der Waals surface area contributed by atoms with Gasteiger partial charge in [0.25, 0.3) is 5.91 Å². The molecule has 0 bridgehead atoms. The van der Waals surface area contributed by atoms with Crippen LogP contribution in [0.3, 0.4) is 0 Å². The van der Waals surface area contributed by atoms with E-state index in [0.29, 0.717) is 29.1 Å². The van der Waals surface area contributed by atoms with Crippen LogP contribution in [0, 0.1) is 0 Å². The number of aryl methyl sites for hydroxylation is 1. The van der Waals surface area contributed by atoms with Gasteiger partial charge >= 0.3 is 6.09 Å². The van der Waals surface area contributed by atoms with Gasteiger partial charge in [0, 0.05) is 50.6 Å². The normalized spacial score (nSPS) is 16.9. The lowest BCUT2D eigenvalue weighted by Crippen LogP contribution is -2.43. The van der Waals surface area contributed by atoms with Crippen LogP contribution in [-0.2, 0) is 11.2 Å².